The van der Waals surface area contributed by atoms with Crippen LogP contribution in [0.3, 0.4) is 0 Å². The number of hydrogen-bond donors (Lipinski definition) is 0. The van der Waals surface area contributed by atoms with Crippen LogP contribution in [0.2, 0.25) is 0 Å². The van der Waals surface area contributed by atoms with E-state index in [1.165, 1.54) is 0 Å². The molecule has 0 bridgehead atoms. The molecular weight excluding hydrogens is 326 g/mol. The number of fused-ring (bicyclic) bond motifs is 1. The first-order valence-electron chi connectivity index (χ1n) is 8.72. The van der Waals surface area contributed by atoms with Crippen LogP contribution in [0, 0.1) is 0 Å². The molecule has 0 spiro atoms. The fourth-order valence-corrected chi connectivity index (χ4v) is 4.79. The van der Waals surface area contributed by atoms with E-state index in [-0.39, 0.29) is 18.1 Å². The van der Waals surface area contributed by atoms with E-state index < -0.39 is 0 Å². The van der Waals surface area contributed by atoms with E-state index >= 15 is 0 Å². The molecule has 1 aromatic carbocycles. The molecule has 0 aliphatic carbocycles. The Hall–Kier alpha value is -1.40. The molecule has 3 aliphatic heterocycles. The number of carbonyl (C=O) groups is 1. The van der Waals surface area contributed by atoms with Crippen molar-refractivity contribution in [3.05, 3.63) is 23.8 Å². The standard InChI is InChI=1S/C18H23NO4S/c20-18(15-4-1-5-16-17(15)23-9-8-22-16)19(13-6-10-24-12-13)11-14-3-2-7-21-14/h1,4-5,13-14H,2-3,6-12H2/t13-,14-/m0/s1. The smallest absolute Gasteiger partial charge is 0.258 e. The van der Waals surface area contributed by atoms with E-state index in [1.807, 2.05) is 34.9 Å². The summed E-state index contributed by atoms with van der Waals surface area (Å²) in [5, 5.41) is 0. The predicted molar refractivity (Wildman–Crippen MR) is 93.2 cm³/mol. The Morgan fingerprint density at radius 3 is 2.92 bits per heavy atom. The van der Waals surface area contributed by atoms with Crippen LogP contribution in [0.4, 0.5) is 0 Å². The Kier molecular flexibility index (Phi) is 4.85. The molecule has 130 valence electrons. The average molecular weight is 349 g/mol. The Bertz CT molecular complexity index is 597. The Morgan fingerprint density at radius 2 is 2.12 bits per heavy atom. The molecule has 2 saturated heterocycles. The average Bonchev–Trinajstić information content (AvgIpc) is 3.32. The summed E-state index contributed by atoms with van der Waals surface area (Å²) in [6.45, 7) is 2.50. The van der Waals surface area contributed by atoms with Crippen LogP contribution in [0.15, 0.2) is 18.2 Å². The maximum atomic E-state index is 13.3. The number of carbonyl (C=O) groups excluding carboxylic acids is 1. The van der Waals surface area contributed by atoms with Crippen molar-refractivity contribution in [1.82, 2.24) is 4.90 Å². The molecule has 24 heavy (non-hydrogen) atoms. The van der Waals surface area contributed by atoms with Crippen molar-refractivity contribution in [2.24, 2.45) is 0 Å². The summed E-state index contributed by atoms with van der Waals surface area (Å²) in [6, 6.07) is 5.86. The van der Waals surface area contributed by atoms with Crippen LogP contribution < -0.4 is 9.47 Å². The second kappa shape index (κ2) is 7.23. The van der Waals surface area contributed by atoms with Gasteiger partial charge in [0, 0.05) is 24.9 Å². The highest BCUT2D eigenvalue weighted by molar-refractivity contribution is 7.99. The molecule has 5 nitrogen and oxygen atoms in total. The van der Waals surface area contributed by atoms with Gasteiger partial charge in [-0.15, -0.1) is 0 Å². The Morgan fingerprint density at radius 1 is 1.21 bits per heavy atom. The van der Waals surface area contributed by atoms with Crippen LogP contribution in [-0.4, -0.2) is 60.8 Å². The number of benzene rings is 1. The molecule has 6 heteroatoms. The lowest BCUT2D eigenvalue weighted by molar-refractivity contribution is 0.0436. The van der Waals surface area contributed by atoms with Gasteiger partial charge in [0.15, 0.2) is 11.5 Å². The molecule has 0 N–H and O–H groups in total. The number of thioether (sulfide) groups is 1. The third-order valence-corrected chi connectivity index (χ3v) is 5.97. The fourth-order valence-electron chi connectivity index (χ4n) is 3.57. The molecule has 0 aromatic heterocycles. The lowest BCUT2D eigenvalue weighted by atomic mass is 10.1. The molecule has 2 fully saturated rings. The van der Waals surface area contributed by atoms with Crippen molar-refractivity contribution in [1.29, 1.82) is 0 Å². The van der Waals surface area contributed by atoms with Crippen LogP contribution in [-0.2, 0) is 4.74 Å². The first-order valence-corrected chi connectivity index (χ1v) is 9.87. The highest BCUT2D eigenvalue weighted by atomic mass is 32.2. The van der Waals surface area contributed by atoms with Crippen molar-refractivity contribution in [3.63, 3.8) is 0 Å². The van der Waals surface area contributed by atoms with Gasteiger partial charge in [-0.1, -0.05) is 6.07 Å². The zero-order valence-electron chi connectivity index (χ0n) is 13.7. The topological polar surface area (TPSA) is 48.0 Å². The summed E-state index contributed by atoms with van der Waals surface area (Å²) in [4.78, 5) is 15.3. The molecule has 0 radical (unpaired) electrons. The number of amides is 1. The summed E-state index contributed by atoms with van der Waals surface area (Å²) in [6.07, 6.45) is 3.34. The number of hydrogen-bond acceptors (Lipinski definition) is 5. The van der Waals surface area contributed by atoms with Crippen molar-refractivity contribution in [3.8, 4) is 11.5 Å². The van der Waals surface area contributed by atoms with Gasteiger partial charge in [0.1, 0.15) is 13.2 Å². The SMILES string of the molecule is O=C(c1cccc2c1OCCO2)N(C[C@@H]1CCCO1)[C@H]1CCSC1. The molecular formula is C18H23NO4S. The first-order chi connectivity index (χ1) is 11.8. The summed E-state index contributed by atoms with van der Waals surface area (Å²) in [7, 11) is 0. The van der Waals surface area contributed by atoms with Crippen molar-refractivity contribution in [2.75, 3.05) is 37.9 Å². The minimum Gasteiger partial charge on any atom is -0.486 e. The molecule has 3 aliphatic rings. The van der Waals surface area contributed by atoms with Gasteiger partial charge < -0.3 is 19.1 Å². The second-order valence-electron chi connectivity index (χ2n) is 6.44. The van der Waals surface area contributed by atoms with E-state index in [2.05, 4.69) is 0 Å². The lowest BCUT2D eigenvalue weighted by Gasteiger charge is -2.32. The monoisotopic (exact) mass is 349 g/mol. The minimum atomic E-state index is 0.0420. The largest absolute Gasteiger partial charge is 0.486 e. The van der Waals surface area contributed by atoms with Gasteiger partial charge in [-0.2, -0.15) is 11.8 Å². The number of rotatable bonds is 4. The van der Waals surface area contributed by atoms with Crippen LogP contribution >= 0.6 is 11.8 Å². The van der Waals surface area contributed by atoms with E-state index in [0.717, 1.165) is 37.4 Å². The highest BCUT2D eigenvalue weighted by Crippen LogP contribution is 2.35. The molecule has 0 saturated carbocycles. The summed E-state index contributed by atoms with van der Waals surface area (Å²) >= 11 is 1.92. The Balaban J connectivity index is 1.60. The van der Waals surface area contributed by atoms with E-state index in [9.17, 15) is 4.79 Å². The van der Waals surface area contributed by atoms with Gasteiger partial charge in [0.05, 0.1) is 11.7 Å². The van der Waals surface area contributed by atoms with Gasteiger partial charge in [0.2, 0.25) is 0 Å². The second-order valence-corrected chi connectivity index (χ2v) is 7.59. The molecule has 4 rings (SSSR count). The molecule has 1 aromatic rings. The van der Waals surface area contributed by atoms with Gasteiger partial charge >= 0.3 is 0 Å². The van der Waals surface area contributed by atoms with E-state index in [0.29, 0.717) is 36.8 Å². The summed E-state index contributed by atoms with van der Waals surface area (Å²) in [5.74, 6) is 3.43. The van der Waals surface area contributed by atoms with Gasteiger partial charge in [-0.3, -0.25) is 4.79 Å². The van der Waals surface area contributed by atoms with E-state index in [1.54, 1.807) is 0 Å². The Labute approximate surface area is 146 Å². The lowest BCUT2D eigenvalue weighted by Crippen LogP contribution is -2.45. The number of ether oxygens (including phenoxy) is 3. The predicted octanol–water partition coefficient (Wildman–Crippen LogP) is 2.58. The molecule has 0 unspecified atom stereocenters. The van der Waals surface area contributed by atoms with Gasteiger partial charge in [-0.05, 0) is 37.1 Å². The first kappa shape index (κ1) is 16.1. The zero-order valence-corrected chi connectivity index (χ0v) is 14.6. The normalized spacial score (nSPS) is 25.7. The molecule has 2 atom stereocenters. The van der Waals surface area contributed by atoms with Gasteiger partial charge in [0.25, 0.3) is 5.91 Å². The van der Waals surface area contributed by atoms with Crippen LogP contribution in [0.5, 0.6) is 11.5 Å². The number of para-hydroxylation sites is 1. The summed E-state index contributed by atoms with van der Waals surface area (Å²) < 4.78 is 17.2. The fraction of sp³-hybridized carbons (Fsp3) is 0.611. The van der Waals surface area contributed by atoms with Crippen molar-refractivity contribution in [2.45, 2.75) is 31.4 Å². The van der Waals surface area contributed by atoms with Gasteiger partial charge in [-0.25, -0.2) is 0 Å². The van der Waals surface area contributed by atoms with E-state index in [4.69, 9.17) is 14.2 Å². The highest BCUT2D eigenvalue weighted by Gasteiger charge is 2.33. The maximum Gasteiger partial charge on any atom is 0.258 e. The zero-order chi connectivity index (χ0) is 16.4. The molecule has 3 heterocycles. The molecule has 1 amide bonds. The minimum absolute atomic E-state index is 0.0420. The number of nitrogens with zero attached hydrogens (tertiary/aromatic N) is 1. The quantitative estimate of drug-likeness (QED) is 0.836. The van der Waals surface area contributed by atoms with Crippen molar-refractivity contribution >= 4 is 17.7 Å². The van der Waals surface area contributed by atoms with Crippen LogP contribution in [0.25, 0.3) is 0 Å². The summed E-state index contributed by atoms with van der Waals surface area (Å²) in [5.41, 5.74) is 0.613. The third-order valence-electron chi connectivity index (χ3n) is 4.83. The van der Waals surface area contributed by atoms with Crippen molar-refractivity contribution < 1.29 is 19.0 Å². The third kappa shape index (κ3) is 3.22. The maximum absolute atomic E-state index is 13.3. The van der Waals surface area contributed by atoms with Crippen LogP contribution in [0.1, 0.15) is 29.6 Å².